The molecule has 15 heavy (non-hydrogen) atoms. The van der Waals surface area contributed by atoms with Crippen LogP contribution in [0.3, 0.4) is 0 Å². The summed E-state index contributed by atoms with van der Waals surface area (Å²) in [4.78, 5) is 0. The van der Waals surface area contributed by atoms with Crippen LogP contribution in [0.15, 0.2) is 6.07 Å². The quantitative estimate of drug-likeness (QED) is 0.800. The van der Waals surface area contributed by atoms with Gasteiger partial charge >= 0.3 is 0 Å². The molecule has 0 saturated carbocycles. The number of rotatable bonds is 2. The second-order valence-electron chi connectivity index (χ2n) is 3.07. The predicted octanol–water partition coefficient (Wildman–Crippen LogP) is 1.10. The van der Waals surface area contributed by atoms with E-state index in [1.165, 1.54) is 13.2 Å². The molecule has 5 heteroatoms. The van der Waals surface area contributed by atoms with Gasteiger partial charge in [0.15, 0.2) is 11.5 Å². The molecule has 1 aliphatic rings. The second kappa shape index (κ2) is 3.94. The zero-order chi connectivity index (χ0) is 10.8. The summed E-state index contributed by atoms with van der Waals surface area (Å²) in [6, 6.07) is 1.52. The molecule has 1 heterocycles. The molecular formula is C10H11FO4. The maximum absolute atomic E-state index is 13.8. The van der Waals surface area contributed by atoms with Gasteiger partial charge in [-0.3, -0.25) is 0 Å². The lowest BCUT2D eigenvalue weighted by Gasteiger charge is -2.21. The first-order valence-corrected chi connectivity index (χ1v) is 4.53. The molecule has 0 saturated heterocycles. The summed E-state index contributed by atoms with van der Waals surface area (Å²) >= 11 is 0. The van der Waals surface area contributed by atoms with E-state index in [4.69, 9.17) is 19.3 Å². The Balaban J connectivity index is 2.57. The van der Waals surface area contributed by atoms with Gasteiger partial charge in [-0.15, -0.1) is 0 Å². The predicted molar refractivity (Wildman–Crippen MR) is 49.9 cm³/mol. The molecule has 1 N–H and O–H groups in total. The molecule has 0 atom stereocenters. The van der Waals surface area contributed by atoms with E-state index in [2.05, 4.69) is 0 Å². The average Bonchev–Trinajstić information content (AvgIpc) is 2.29. The van der Waals surface area contributed by atoms with E-state index in [-0.39, 0.29) is 18.1 Å². The number of aliphatic hydroxyl groups excluding tert-OH is 1. The average molecular weight is 214 g/mol. The monoisotopic (exact) mass is 214 g/mol. The highest BCUT2D eigenvalue weighted by Gasteiger charge is 2.23. The Morgan fingerprint density at radius 1 is 1.47 bits per heavy atom. The molecule has 0 aromatic heterocycles. The molecule has 1 aromatic carbocycles. The zero-order valence-corrected chi connectivity index (χ0v) is 8.25. The van der Waals surface area contributed by atoms with Crippen LogP contribution >= 0.6 is 0 Å². The standard InChI is InChI=1S/C10H11FO4/c1-13-9-6(5-12)4-7-10(8(9)11)15-3-2-14-7/h4,12H,2-3,5H2,1H3. The van der Waals surface area contributed by atoms with Crippen LogP contribution in [-0.4, -0.2) is 25.4 Å². The van der Waals surface area contributed by atoms with Crippen molar-refractivity contribution in [1.29, 1.82) is 0 Å². The number of hydrogen-bond acceptors (Lipinski definition) is 4. The summed E-state index contributed by atoms with van der Waals surface area (Å²) in [5, 5.41) is 9.03. The lowest BCUT2D eigenvalue weighted by atomic mass is 10.1. The summed E-state index contributed by atoms with van der Waals surface area (Å²) in [5.74, 6) is -0.264. The molecule has 1 aromatic rings. The fraction of sp³-hybridized carbons (Fsp3) is 0.400. The van der Waals surface area contributed by atoms with Crippen LogP contribution in [-0.2, 0) is 6.61 Å². The van der Waals surface area contributed by atoms with Crippen LogP contribution in [0.1, 0.15) is 5.56 Å². The highest BCUT2D eigenvalue weighted by molar-refractivity contribution is 5.52. The SMILES string of the molecule is COc1c(CO)cc2c(c1F)OCCO2. The van der Waals surface area contributed by atoms with Gasteiger partial charge in [0.05, 0.1) is 13.7 Å². The normalized spacial score (nSPS) is 13.8. The first-order valence-electron chi connectivity index (χ1n) is 4.53. The van der Waals surface area contributed by atoms with Gasteiger partial charge in [-0.2, -0.15) is 4.39 Å². The van der Waals surface area contributed by atoms with Gasteiger partial charge in [-0.25, -0.2) is 0 Å². The van der Waals surface area contributed by atoms with Crippen LogP contribution in [0.4, 0.5) is 4.39 Å². The Morgan fingerprint density at radius 2 is 2.20 bits per heavy atom. The minimum absolute atomic E-state index is 0.00162. The number of benzene rings is 1. The van der Waals surface area contributed by atoms with Gasteiger partial charge in [0, 0.05) is 5.56 Å². The van der Waals surface area contributed by atoms with Crippen LogP contribution in [0.2, 0.25) is 0 Å². The van der Waals surface area contributed by atoms with Crippen molar-refractivity contribution < 1.29 is 23.7 Å². The van der Waals surface area contributed by atoms with E-state index < -0.39 is 5.82 Å². The minimum atomic E-state index is -0.626. The van der Waals surface area contributed by atoms with Crippen molar-refractivity contribution in [3.63, 3.8) is 0 Å². The van der Waals surface area contributed by atoms with E-state index >= 15 is 0 Å². The number of halogens is 1. The van der Waals surface area contributed by atoms with Crippen molar-refractivity contribution in [3.8, 4) is 17.2 Å². The van der Waals surface area contributed by atoms with Crippen LogP contribution in [0, 0.1) is 5.82 Å². The smallest absolute Gasteiger partial charge is 0.211 e. The number of hydrogen-bond donors (Lipinski definition) is 1. The Bertz CT molecular complexity index is 364. The van der Waals surface area contributed by atoms with Crippen molar-refractivity contribution in [1.82, 2.24) is 0 Å². The molecule has 0 bridgehead atoms. The first kappa shape index (κ1) is 10.0. The van der Waals surface area contributed by atoms with Crippen molar-refractivity contribution in [2.24, 2.45) is 0 Å². The van der Waals surface area contributed by atoms with E-state index in [1.54, 1.807) is 0 Å². The molecule has 0 amide bonds. The van der Waals surface area contributed by atoms with E-state index in [9.17, 15) is 4.39 Å². The molecule has 1 aliphatic heterocycles. The zero-order valence-electron chi connectivity index (χ0n) is 8.25. The van der Waals surface area contributed by atoms with Gasteiger partial charge in [0.25, 0.3) is 0 Å². The Hall–Kier alpha value is -1.49. The fourth-order valence-electron chi connectivity index (χ4n) is 1.52. The summed E-state index contributed by atoms with van der Waals surface area (Å²) in [6.07, 6.45) is 0. The third kappa shape index (κ3) is 1.59. The summed E-state index contributed by atoms with van der Waals surface area (Å²) in [6.45, 7) is 0.381. The Morgan fingerprint density at radius 3 is 2.87 bits per heavy atom. The van der Waals surface area contributed by atoms with E-state index in [1.807, 2.05) is 0 Å². The largest absolute Gasteiger partial charge is 0.493 e. The Labute approximate surface area is 86.2 Å². The molecule has 0 fully saturated rings. The van der Waals surface area contributed by atoms with Crippen molar-refractivity contribution >= 4 is 0 Å². The van der Waals surface area contributed by atoms with Crippen molar-refractivity contribution in [2.45, 2.75) is 6.61 Å². The van der Waals surface area contributed by atoms with Crippen LogP contribution in [0.25, 0.3) is 0 Å². The first-order chi connectivity index (χ1) is 7.27. The number of fused-ring (bicyclic) bond motifs is 1. The molecule has 0 aliphatic carbocycles. The molecule has 0 radical (unpaired) electrons. The number of aliphatic hydroxyl groups is 1. The van der Waals surface area contributed by atoms with Gasteiger partial charge in [-0.05, 0) is 6.07 Å². The number of ether oxygens (including phenoxy) is 3. The van der Waals surface area contributed by atoms with Gasteiger partial charge in [0.1, 0.15) is 13.2 Å². The van der Waals surface area contributed by atoms with Gasteiger partial charge in [0.2, 0.25) is 11.6 Å². The van der Waals surface area contributed by atoms with Crippen LogP contribution in [0.5, 0.6) is 17.2 Å². The second-order valence-corrected chi connectivity index (χ2v) is 3.07. The molecule has 0 unspecified atom stereocenters. The fourth-order valence-corrected chi connectivity index (χ4v) is 1.52. The summed E-state index contributed by atoms with van der Waals surface area (Å²) < 4.78 is 29.0. The van der Waals surface area contributed by atoms with Crippen molar-refractivity contribution in [2.75, 3.05) is 20.3 Å². The molecule has 82 valence electrons. The highest BCUT2D eigenvalue weighted by atomic mass is 19.1. The summed E-state index contributed by atoms with van der Waals surface area (Å²) in [7, 11) is 1.34. The Kier molecular flexibility index (Phi) is 2.64. The van der Waals surface area contributed by atoms with Crippen LogP contribution < -0.4 is 14.2 Å². The van der Waals surface area contributed by atoms with E-state index in [0.29, 0.717) is 24.5 Å². The highest BCUT2D eigenvalue weighted by Crippen LogP contribution is 2.40. The molecule has 0 spiro atoms. The molecule has 4 nitrogen and oxygen atoms in total. The summed E-state index contributed by atoms with van der Waals surface area (Å²) in [5.41, 5.74) is 0.347. The lowest BCUT2D eigenvalue weighted by Crippen LogP contribution is -2.17. The van der Waals surface area contributed by atoms with Crippen molar-refractivity contribution in [3.05, 3.63) is 17.4 Å². The molecule has 2 rings (SSSR count). The number of methoxy groups -OCH3 is 1. The van der Waals surface area contributed by atoms with E-state index in [0.717, 1.165) is 0 Å². The van der Waals surface area contributed by atoms with Gasteiger partial charge in [-0.1, -0.05) is 0 Å². The third-order valence-electron chi connectivity index (χ3n) is 2.18. The maximum atomic E-state index is 13.8. The minimum Gasteiger partial charge on any atom is -0.493 e. The lowest BCUT2D eigenvalue weighted by molar-refractivity contribution is 0.161. The molecular weight excluding hydrogens is 203 g/mol. The topological polar surface area (TPSA) is 47.9 Å². The third-order valence-corrected chi connectivity index (χ3v) is 2.18. The van der Waals surface area contributed by atoms with Gasteiger partial charge < -0.3 is 19.3 Å². The maximum Gasteiger partial charge on any atom is 0.211 e.